The minimum atomic E-state index is -0.190. The van der Waals surface area contributed by atoms with Gasteiger partial charge in [0.25, 0.3) is 0 Å². The van der Waals surface area contributed by atoms with Gasteiger partial charge in [-0.3, -0.25) is 4.79 Å². The monoisotopic (exact) mass is 614 g/mol. The van der Waals surface area contributed by atoms with Crippen molar-refractivity contribution in [1.82, 2.24) is 0 Å². The van der Waals surface area contributed by atoms with Gasteiger partial charge in [0.1, 0.15) is 0 Å². The lowest BCUT2D eigenvalue weighted by Crippen LogP contribution is -2.26. The number of rotatable bonds is 5. The summed E-state index contributed by atoms with van der Waals surface area (Å²) in [6.07, 6.45) is 19.3. The predicted octanol–water partition coefficient (Wildman–Crippen LogP) is 9.78. The molecule has 1 saturated carbocycles. The van der Waals surface area contributed by atoms with Gasteiger partial charge in [-0.25, -0.2) is 0 Å². The SMILES string of the molecule is COC(=O)CCCC1(c2ccccc2)C23C=Cc4cc5c6c7c8c9c%10c%11c(c%12c9c6c4C%1221)C(=C3)CC%11=CCc1ccc(c-8c1-%10)CC=C7C5. The fourth-order valence-corrected chi connectivity index (χ4v) is 13.5. The highest BCUT2D eigenvalue weighted by molar-refractivity contribution is 6.37. The summed E-state index contributed by atoms with van der Waals surface area (Å²) < 4.78 is 5.19. The number of benzene rings is 5. The molecule has 3 atom stereocenters. The van der Waals surface area contributed by atoms with Crippen LogP contribution in [0.4, 0.5) is 0 Å². The molecule has 0 N–H and O–H groups in total. The van der Waals surface area contributed by atoms with E-state index in [9.17, 15) is 4.79 Å². The third-order valence-electron chi connectivity index (χ3n) is 14.7. The van der Waals surface area contributed by atoms with E-state index in [4.69, 9.17) is 4.74 Å². The quantitative estimate of drug-likeness (QED) is 0.143. The molecule has 9 aliphatic carbocycles. The van der Waals surface area contributed by atoms with E-state index in [1.807, 2.05) is 0 Å². The molecule has 2 heteroatoms. The zero-order chi connectivity index (χ0) is 31.1. The molecule has 9 aliphatic rings. The van der Waals surface area contributed by atoms with Crippen LogP contribution in [0.5, 0.6) is 0 Å². The third kappa shape index (κ3) is 2.01. The molecular weight excluding hydrogens is 585 g/mol. The number of hydrogen-bond acceptors (Lipinski definition) is 2. The fourth-order valence-electron chi connectivity index (χ4n) is 13.5. The van der Waals surface area contributed by atoms with Crippen molar-refractivity contribution in [2.24, 2.45) is 5.41 Å². The minimum absolute atomic E-state index is 0.106. The van der Waals surface area contributed by atoms with Crippen LogP contribution in [-0.2, 0) is 39.6 Å². The van der Waals surface area contributed by atoms with Gasteiger partial charge in [0.2, 0.25) is 0 Å². The largest absolute Gasteiger partial charge is 0.469 e. The number of allylic oxidation sites excluding steroid dienone is 7. The van der Waals surface area contributed by atoms with Gasteiger partial charge in [-0.15, -0.1) is 0 Å². The zero-order valence-corrected chi connectivity index (χ0v) is 26.8. The van der Waals surface area contributed by atoms with Crippen LogP contribution >= 0.6 is 0 Å². The van der Waals surface area contributed by atoms with Crippen LogP contribution in [0.15, 0.2) is 72.8 Å². The van der Waals surface area contributed by atoms with Gasteiger partial charge in [0.15, 0.2) is 0 Å². The second-order valence-corrected chi connectivity index (χ2v) is 15.9. The maximum atomic E-state index is 12.6. The van der Waals surface area contributed by atoms with E-state index < -0.39 is 0 Å². The average molecular weight is 615 g/mol. The van der Waals surface area contributed by atoms with Crippen LogP contribution in [0.1, 0.15) is 81.3 Å². The van der Waals surface area contributed by atoms with Crippen molar-refractivity contribution in [3.8, 4) is 22.3 Å². The van der Waals surface area contributed by atoms with Gasteiger partial charge >= 0.3 is 5.97 Å². The standard InChI is InChI=1S/C46H30O2/c1-48-30(47)8-5-16-45(29-6-3-2-4-7-29)44-17-15-26-20-27-18-24-13-11-22-9-10-23-12-14-25-19-28(21-44)36-34(25)38-32(23)31(22)37-33(24)35(27)40-41(39(37)38)43(36)46(44,45)42(26)40/h2-4,6-7,9-10,13-15,17,20-21H,5,8,11-12,16,18-19H2,1H3. The molecule has 5 aromatic rings. The molecule has 0 aromatic heterocycles. The van der Waals surface area contributed by atoms with Crippen molar-refractivity contribution in [2.75, 3.05) is 7.11 Å². The molecule has 0 aliphatic heterocycles. The lowest BCUT2D eigenvalue weighted by Gasteiger charge is -2.31. The Morgan fingerprint density at radius 2 is 1.48 bits per heavy atom. The van der Waals surface area contributed by atoms with E-state index in [2.05, 4.69) is 78.9 Å². The van der Waals surface area contributed by atoms with Crippen LogP contribution in [0.25, 0.3) is 66.6 Å². The van der Waals surface area contributed by atoms with Crippen molar-refractivity contribution in [1.29, 1.82) is 0 Å². The van der Waals surface area contributed by atoms with E-state index in [-0.39, 0.29) is 22.2 Å². The highest BCUT2D eigenvalue weighted by Gasteiger charge is 2.89. The summed E-state index contributed by atoms with van der Waals surface area (Å²) in [7, 11) is 1.52. The first-order chi connectivity index (χ1) is 23.6. The van der Waals surface area contributed by atoms with Crippen LogP contribution in [0.3, 0.4) is 0 Å². The molecule has 0 amide bonds. The smallest absolute Gasteiger partial charge is 0.305 e. The Morgan fingerprint density at radius 1 is 0.729 bits per heavy atom. The Kier molecular flexibility index (Phi) is 3.57. The molecule has 5 aromatic carbocycles. The first-order valence-corrected chi connectivity index (χ1v) is 17.9. The van der Waals surface area contributed by atoms with Gasteiger partial charge in [-0.2, -0.15) is 0 Å². The van der Waals surface area contributed by atoms with Crippen LogP contribution < -0.4 is 0 Å². The number of esters is 1. The Morgan fingerprint density at radius 3 is 2.27 bits per heavy atom. The summed E-state index contributed by atoms with van der Waals surface area (Å²) in [5, 5.41) is 6.28. The van der Waals surface area contributed by atoms with Crippen molar-refractivity contribution < 1.29 is 9.53 Å². The molecular formula is C46H30O2. The molecule has 14 rings (SSSR count). The average Bonchev–Trinajstić information content (AvgIpc) is 3.49. The highest BCUT2D eigenvalue weighted by atomic mass is 16.5. The topological polar surface area (TPSA) is 26.3 Å². The van der Waals surface area contributed by atoms with Crippen LogP contribution in [-0.4, -0.2) is 13.1 Å². The van der Waals surface area contributed by atoms with Gasteiger partial charge < -0.3 is 4.74 Å². The normalized spacial score (nSPS) is 27.4. The van der Waals surface area contributed by atoms with E-state index in [1.165, 1.54) is 34.9 Å². The second kappa shape index (κ2) is 7.08. The van der Waals surface area contributed by atoms with Crippen molar-refractivity contribution >= 4 is 50.3 Å². The number of hydrogen-bond donors (Lipinski definition) is 0. The van der Waals surface area contributed by atoms with Crippen molar-refractivity contribution in [2.45, 2.75) is 55.8 Å². The van der Waals surface area contributed by atoms with Crippen molar-refractivity contribution in [3.05, 3.63) is 128 Å². The molecule has 3 unspecified atom stereocenters. The summed E-state index contributed by atoms with van der Waals surface area (Å²) in [5.41, 5.74) is 25.6. The number of methoxy groups -OCH3 is 1. The molecule has 226 valence electrons. The molecule has 1 fully saturated rings. The Balaban J connectivity index is 1.24. The van der Waals surface area contributed by atoms with E-state index in [0.717, 1.165) is 38.5 Å². The van der Waals surface area contributed by atoms with E-state index in [1.54, 1.807) is 88.3 Å². The molecule has 48 heavy (non-hydrogen) atoms. The van der Waals surface area contributed by atoms with Gasteiger partial charge in [0.05, 0.1) is 7.11 Å². The van der Waals surface area contributed by atoms with Gasteiger partial charge in [-0.1, -0.05) is 78.9 Å². The summed E-state index contributed by atoms with van der Waals surface area (Å²) in [6.45, 7) is 0. The third-order valence-corrected chi connectivity index (χ3v) is 14.7. The van der Waals surface area contributed by atoms with Gasteiger partial charge in [0, 0.05) is 22.7 Å². The van der Waals surface area contributed by atoms with E-state index in [0.29, 0.717) is 6.42 Å². The first kappa shape index (κ1) is 24.2. The van der Waals surface area contributed by atoms with E-state index >= 15 is 0 Å². The van der Waals surface area contributed by atoms with Crippen LogP contribution in [0.2, 0.25) is 0 Å². The Labute approximate surface area is 278 Å². The first-order valence-electron chi connectivity index (χ1n) is 17.9. The molecule has 0 heterocycles. The van der Waals surface area contributed by atoms with Crippen molar-refractivity contribution in [3.63, 3.8) is 0 Å². The molecule has 0 bridgehead atoms. The number of carbonyl (C=O) groups is 1. The molecule has 0 radical (unpaired) electrons. The minimum Gasteiger partial charge on any atom is -0.469 e. The molecule has 0 saturated heterocycles. The Bertz CT molecular complexity index is 2750. The fraction of sp³-hybridized carbons (Fsp3) is 0.239. The summed E-state index contributed by atoms with van der Waals surface area (Å²) in [4.78, 5) is 12.6. The summed E-state index contributed by atoms with van der Waals surface area (Å²) >= 11 is 0. The zero-order valence-electron chi connectivity index (χ0n) is 26.8. The highest BCUT2D eigenvalue weighted by Crippen LogP contribution is 2.91. The number of ether oxygens (including phenoxy) is 1. The summed E-state index contributed by atoms with van der Waals surface area (Å²) in [6, 6.07) is 18.9. The second-order valence-electron chi connectivity index (χ2n) is 15.9. The predicted molar refractivity (Wildman–Crippen MR) is 192 cm³/mol. The molecule has 1 spiro atoms. The summed E-state index contributed by atoms with van der Waals surface area (Å²) in [5.74, 6) is -0.106. The van der Waals surface area contributed by atoms with Crippen LogP contribution in [0, 0.1) is 5.41 Å². The maximum absolute atomic E-state index is 12.6. The van der Waals surface area contributed by atoms with Gasteiger partial charge in [-0.05, 0) is 155 Å². The Hall–Kier alpha value is -4.95. The number of carbonyl (C=O) groups excluding carboxylic acids is 1. The lowest BCUT2D eigenvalue weighted by molar-refractivity contribution is -0.140. The lowest BCUT2D eigenvalue weighted by atomic mass is 9.70. The maximum Gasteiger partial charge on any atom is 0.305 e. The molecule has 2 nitrogen and oxygen atoms in total.